The van der Waals surface area contributed by atoms with Gasteiger partial charge >= 0.3 is 5.97 Å². The highest BCUT2D eigenvalue weighted by Gasteiger charge is 2.33. The third-order valence-corrected chi connectivity index (χ3v) is 9.69. The molecule has 0 aliphatic heterocycles. The average molecular weight is 876 g/mol. The summed E-state index contributed by atoms with van der Waals surface area (Å²) in [5.74, 6) is -7.32. The van der Waals surface area contributed by atoms with Gasteiger partial charge in [-0.3, -0.25) is 33.6 Å². The first-order chi connectivity index (χ1) is 30.1. The van der Waals surface area contributed by atoms with E-state index in [2.05, 4.69) is 31.9 Å². The van der Waals surface area contributed by atoms with Gasteiger partial charge in [0.2, 0.25) is 41.4 Å². The lowest BCUT2D eigenvalue weighted by atomic mass is 10.0. The molecule has 6 atom stereocenters. The highest BCUT2D eigenvalue weighted by molar-refractivity contribution is 5.97. The van der Waals surface area contributed by atoms with E-state index < -0.39 is 96.7 Å². The SMILES string of the molecule is NCCCC[C@H](NC(=O)[C@H](Cc1ccccc1)NC(=O)[C@H](Cc1ccccc1)NC(=O)[C@H](CO)NC(=O)[C@H](CCC(N)=O)NC(=O)CNC(=O)[C@@H](N)Cc1ccc(O)cc1)C(=O)O. The maximum atomic E-state index is 14.1. The van der Waals surface area contributed by atoms with Crippen LogP contribution in [0.2, 0.25) is 0 Å². The lowest BCUT2D eigenvalue weighted by Gasteiger charge is -2.26. The zero-order valence-electron chi connectivity index (χ0n) is 34.7. The number of phenolic OH excluding ortho intramolecular Hbond substituents is 1. The molecule has 3 aromatic rings. The summed E-state index contributed by atoms with van der Waals surface area (Å²) in [5, 5.41) is 44.2. The minimum Gasteiger partial charge on any atom is -0.508 e. The van der Waals surface area contributed by atoms with E-state index in [9.17, 15) is 53.7 Å². The number of unbranched alkanes of at least 4 members (excludes halogenated alkanes) is 1. The van der Waals surface area contributed by atoms with Crippen LogP contribution in [0.4, 0.5) is 0 Å². The van der Waals surface area contributed by atoms with E-state index in [0.29, 0.717) is 36.1 Å². The van der Waals surface area contributed by atoms with E-state index in [-0.39, 0.29) is 44.3 Å². The number of primary amides is 1. The number of benzene rings is 3. The van der Waals surface area contributed by atoms with Crippen molar-refractivity contribution in [3.05, 3.63) is 102 Å². The van der Waals surface area contributed by atoms with Crippen LogP contribution in [-0.2, 0) is 57.6 Å². The molecule has 3 aromatic carbocycles. The predicted molar refractivity (Wildman–Crippen MR) is 229 cm³/mol. The fourth-order valence-electron chi connectivity index (χ4n) is 6.23. The number of amides is 7. The Labute approximate surface area is 364 Å². The van der Waals surface area contributed by atoms with Crippen LogP contribution in [-0.4, -0.2) is 119 Å². The number of nitrogens with two attached hydrogens (primary N) is 3. The second kappa shape index (κ2) is 26.4. The Balaban J connectivity index is 1.76. The summed E-state index contributed by atoms with van der Waals surface area (Å²) in [4.78, 5) is 104. The molecule has 0 aliphatic carbocycles. The van der Waals surface area contributed by atoms with Gasteiger partial charge in [-0.05, 0) is 67.5 Å². The van der Waals surface area contributed by atoms with Crippen LogP contribution >= 0.6 is 0 Å². The van der Waals surface area contributed by atoms with Gasteiger partial charge in [-0.15, -0.1) is 0 Å². The Morgan fingerprint density at radius 3 is 1.52 bits per heavy atom. The lowest BCUT2D eigenvalue weighted by molar-refractivity contribution is -0.142. The summed E-state index contributed by atoms with van der Waals surface area (Å²) in [6.07, 6.45) is 0.243. The number of carboxylic acid groups (broad SMARTS) is 1. The van der Waals surface area contributed by atoms with Crippen molar-refractivity contribution < 1.29 is 53.7 Å². The van der Waals surface area contributed by atoms with Crippen LogP contribution < -0.4 is 49.1 Å². The first kappa shape index (κ1) is 50.5. The molecule has 0 heterocycles. The summed E-state index contributed by atoms with van der Waals surface area (Å²) in [6, 6.07) is 14.9. The van der Waals surface area contributed by atoms with Gasteiger partial charge in [-0.1, -0.05) is 72.8 Å². The Kier molecular flexibility index (Phi) is 21.2. The number of hydrogen-bond acceptors (Lipinski definition) is 12. The number of carbonyl (C=O) groups excluding carboxylic acids is 7. The van der Waals surface area contributed by atoms with E-state index in [1.165, 1.54) is 12.1 Å². The van der Waals surface area contributed by atoms with E-state index >= 15 is 0 Å². The molecule has 0 aliphatic rings. The van der Waals surface area contributed by atoms with Gasteiger partial charge in [0.05, 0.1) is 19.2 Å². The number of nitrogens with one attached hydrogen (secondary N) is 6. The summed E-state index contributed by atoms with van der Waals surface area (Å²) in [7, 11) is 0. The van der Waals surface area contributed by atoms with E-state index in [0.717, 1.165) is 0 Å². The first-order valence-electron chi connectivity index (χ1n) is 20.3. The standard InChI is InChI=1S/C43H57N9O11/c44-20-8-7-13-32(43(62)63)49-40(59)33(22-26-9-3-1-4-10-26)50-41(60)34(23-27-11-5-2-6-12-27)51-42(61)35(25-53)52-39(58)31(18-19-36(46)55)48-37(56)24-47-38(57)30(45)21-28-14-16-29(54)17-15-28/h1-6,9-12,14-17,30-35,53-54H,7-8,13,18-25,44-45H2,(H2,46,55)(H,47,57)(H,48,56)(H,49,59)(H,50,60)(H,51,61)(H,52,58)(H,62,63)/t30-,31-,32-,33-,34-,35-/m0/s1. The van der Waals surface area contributed by atoms with Crippen LogP contribution in [0, 0.1) is 0 Å². The number of hydrogen-bond donors (Lipinski definition) is 12. The monoisotopic (exact) mass is 875 g/mol. The van der Waals surface area contributed by atoms with Gasteiger partial charge in [0.1, 0.15) is 36.0 Å². The maximum Gasteiger partial charge on any atom is 0.326 e. The van der Waals surface area contributed by atoms with Crippen molar-refractivity contribution in [1.29, 1.82) is 0 Å². The molecule has 0 bridgehead atoms. The number of carboxylic acids is 1. The Hall–Kier alpha value is -6.90. The fourth-order valence-corrected chi connectivity index (χ4v) is 6.23. The largest absolute Gasteiger partial charge is 0.508 e. The van der Waals surface area contributed by atoms with Crippen molar-refractivity contribution in [2.75, 3.05) is 19.7 Å². The van der Waals surface area contributed by atoms with E-state index in [1.807, 2.05) is 0 Å². The number of aliphatic hydroxyl groups is 1. The molecule has 0 unspecified atom stereocenters. The first-order valence-corrected chi connectivity index (χ1v) is 20.3. The summed E-state index contributed by atoms with van der Waals surface area (Å²) >= 11 is 0. The van der Waals surface area contributed by atoms with Crippen molar-refractivity contribution in [3.8, 4) is 5.75 Å². The van der Waals surface area contributed by atoms with Crippen LogP contribution in [0.15, 0.2) is 84.9 Å². The van der Waals surface area contributed by atoms with Crippen LogP contribution in [0.3, 0.4) is 0 Å². The van der Waals surface area contributed by atoms with Crippen molar-refractivity contribution >= 4 is 47.3 Å². The molecule has 0 fully saturated rings. The molecule has 0 saturated heterocycles. The molecule has 63 heavy (non-hydrogen) atoms. The molecule has 15 N–H and O–H groups in total. The average Bonchev–Trinajstić information content (AvgIpc) is 3.26. The topological polar surface area (TPSA) is 347 Å². The molecule has 3 rings (SSSR count). The molecule has 7 amide bonds. The third-order valence-electron chi connectivity index (χ3n) is 9.69. The number of rotatable bonds is 27. The molecule has 20 heteroatoms. The predicted octanol–water partition coefficient (Wildman–Crippen LogP) is -2.24. The number of aliphatic carboxylic acids is 1. The Morgan fingerprint density at radius 2 is 1.03 bits per heavy atom. The fraction of sp³-hybridized carbons (Fsp3) is 0.395. The molecule has 0 saturated carbocycles. The summed E-state index contributed by atoms with van der Waals surface area (Å²) in [6.45, 7) is -1.28. The minimum absolute atomic E-state index is 0.0279. The summed E-state index contributed by atoms with van der Waals surface area (Å²) in [5.41, 5.74) is 18.7. The highest BCUT2D eigenvalue weighted by Crippen LogP contribution is 2.12. The Bertz CT molecular complexity index is 1990. The minimum atomic E-state index is -1.71. The number of aromatic hydroxyl groups is 1. The number of carbonyl (C=O) groups is 8. The normalized spacial score (nSPS) is 13.7. The van der Waals surface area contributed by atoms with Gasteiger partial charge in [0.25, 0.3) is 0 Å². The van der Waals surface area contributed by atoms with Gasteiger partial charge in [0.15, 0.2) is 0 Å². The second-order valence-corrected chi connectivity index (χ2v) is 14.7. The van der Waals surface area contributed by atoms with E-state index in [4.69, 9.17) is 17.2 Å². The molecule has 0 radical (unpaired) electrons. The number of phenols is 1. The Morgan fingerprint density at radius 1 is 0.556 bits per heavy atom. The molecule has 20 nitrogen and oxygen atoms in total. The van der Waals surface area contributed by atoms with Crippen LogP contribution in [0.5, 0.6) is 5.75 Å². The van der Waals surface area contributed by atoms with Crippen molar-refractivity contribution in [1.82, 2.24) is 31.9 Å². The molecular weight excluding hydrogens is 819 g/mol. The maximum absolute atomic E-state index is 14.1. The van der Waals surface area contributed by atoms with Gasteiger partial charge in [-0.25, -0.2) is 4.79 Å². The highest BCUT2D eigenvalue weighted by atomic mass is 16.4. The summed E-state index contributed by atoms with van der Waals surface area (Å²) < 4.78 is 0. The van der Waals surface area contributed by atoms with Crippen LogP contribution in [0.25, 0.3) is 0 Å². The zero-order chi connectivity index (χ0) is 46.3. The van der Waals surface area contributed by atoms with Gasteiger partial charge in [0, 0.05) is 19.3 Å². The quantitative estimate of drug-likeness (QED) is 0.0361. The van der Waals surface area contributed by atoms with Crippen molar-refractivity contribution in [2.24, 2.45) is 17.2 Å². The van der Waals surface area contributed by atoms with Gasteiger partial charge < -0.3 is 64.4 Å². The molecule has 0 aromatic heterocycles. The van der Waals surface area contributed by atoms with Crippen molar-refractivity contribution in [2.45, 2.75) is 87.6 Å². The molecule has 340 valence electrons. The van der Waals surface area contributed by atoms with E-state index in [1.54, 1.807) is 72.8 Å². The lowest BCUT2D eigenvalue weighted by Crippen LogP contribution is -2.60. The molecule has 0 spiro atoms. The van der Waals surface area contributed by atoms with Gasteiger partial charge in [-0.2, -0.15) is 0 Å². The second-order valence-electron chi connectivity index (χ2n) is 14.7. The smallest absolute Gasteiger partial charge is 0.326 e. The zero-order valence-corrected chi connectivity index (χ0v) is 34.7. The third kappa shape index (κ3) is 18.3. The molecular formula is C43H57N9O11. The van der Waals surface area contributed by atoms with Crippen molar-refractivity contribution in [3.63, 3.8) is 0 Å². The van der Waals surface area contributed by atoms with Crippen LogP contribution in [0.1, 0.15) is 48.8 Å². The number of aliphatic hydroxyl groups excluding tert-OH is 1.